The fourth-order valence-electron chi connectivity index (χ4n) is 2.12. The molecule has 3 N–H and O–H groups in total. The maximum Gasteiger partial charge on any atom is 0.141 e. The Hall–Kier alpha value is -1.98. The third kappa shape index (κ3) is 2.95. The van der Waals surface area contributed by atoms with Crippen LogP contribution in [0, 0.1) is 5.82 Å². The van der Waals surface area contributed by atoms with Gasteiger partial charge < -0.3 is 4.74 Å². The zero-order chi connectivity index (χ0) is 13.9. The van der Waals surface area contributed by atoms with Crippen molar-refractivity contribution in [3.8, 4) is 5.75 Å². The summed E-state index contributed by atoms with van der Waals surface area (Å²) in [4.78, 5) is 3.86. The van der Waals surface area contributed by atoms with Gasteiger partial charge in [0.2, 0.25) is 0 Å². The molecule has 0 saturated heterocycles. The third-order valence-corrected chi connectivity index (χ3v) is 3.24. The average Bonchev–Trinajstić information content (AvgIpc) is 3.24. The molecule has 1 unspecified atom stereocenters. The highest BCUT2D eigenvalue weighted by Crippen LogP contribution is 2.29. The number of nitrogens with one attached hydrogen (secondary N) is 1. The van der Waals surface area contributed by atoms with Crippen LogP contribution in [0.3, 0.4) is 0 Å². The lowest BCUT2D eigenvalue weighted by Crippen LogP contribution is -2.29. The molecule has 1 heterocycles. The normalized spacial score (nSPS) is 15.9. The van der Waals surface area contributed by atoms with Crippen molar-refractivity contribution in [2.45, 2.75) is 25.0 Å². The van der Waals surface area contributed by atoms with Gasteiger partial charge in [0.1, 0.15) is 11.6 Å². The Kier molecular flexibility index (Phi) is 3.62. The van der Waals surface area contributed by atoms with Crippen LogP contribution in [0.25, 0.3) is 0 Å². The standard InChI is InChI=1S/C15H16FN3O/c16-12-6-11(8-18-9-12)15(19-17)10-2-1-3-14(7-10)20-13-4-5-13/h1-3,6-9,13,15,19H,4-5,17H2. The first-order chi connectivity index (χ1) is 9.76. The zero-order valence-electron chi connectivity index (χ0n) is 10.9. The molecule has 1 atom stereocenters. The van der Waals surface area contributed by atoms with E-state index in [0.717, 1.165) is 24.2 Å². The van der Waals surface area contributed by atoms with Crippen LogP contribution in [0.15, 0.2) is 42.7 Å². The van der Waals surface area contributed by atoms with Gasteiger partial charge in [-0.1, -0.05) is 12.1 Å². The number of hydrogen-bond acceptors (Lipinski definition) is 4. The van der Waals surface area contributed by atoms with E-state index >= 15 is 0 Å². The average molecular weight is 273 g/mol. The van der Waals surface area contributed by atoms with Gasteiger partial charge in [0.25, 0.3) is 0 Å². The molecule has 4 nitrogen and oxygen atoms in total. The summed E-state index contributed by atoms with van der Waals surface area (Å²) < 4.78 is 19.0. The molecule has 0 amide bonds. The number of ether oxygens (including phenoxy) is 1. The minimum Gasteiger partial charge on any atom is -0.490 e. The molecule has 0 bridgehead atoms. The number of rotatable bonds is 5. The predicted octanol–water partition coefficient (Wildman–Crippen LogP) is 2.31. The number of hydrazine groups is 1. The molecule has 1 fully saturated rings. The van der Waals surface area contributed by atoms with Gasteiger partial charge in [-0.3, -0.25) is 10.8 Å². The van der Waals surface area contributed by atoms with Crippen molar-refractivity contribution in [2.24, 2.45) is 5.84 Å². The Morgan fingerprint density at radius 1 is 1.25 bits per heavy atom. The molecule has 0 radical (unpaired) electrons. The largest absolute Gasteiger partial charge is 0.490 e. The fraction of sp³-hybridized carbons (Fsp3) is 0.267. The molecule has 3 rings (SSSR count). The highest BCUT2D eigenvalue weighted by molar-refractivity contribution is 5.36. The van der Waals surface area contributed by atoms with Gasteiger partial charge in [-0.05, 0) is 42.2 Å². The SMILES string of the molecule is NNC(c1cncc(F)c1)c1cccc(OC2CC2)c1. The van der Waals surface area contributed by atoms with Crippen molar-refractivity contribution in [3.05, 3.63) is 59.7 Å². The van der Waals surface area contributed by atoms with E-state index in [0.29, 0.717) is 11.7 Å². The predicted molar refractivity (Wildman–Crippen MR) is 73.5 cm³/mol. The molecule has 0 aliphatic heterocycles. The van der Waals surface area contributed by atoms with Crippen LogP contribution in [0.2, 0.25) is 0 Å². The van der Waals surface area contributed by atoms with Crippen LogP contribution >= 0.6 is 0 Å². The van der Waals surface area contributed by atoms with Gasteiger partial charge >= 0.3 is 0 Å². The minimum atomic E-state index is -0.381. The van der Waals surface area contributed by atoms with Crippen LogP contribution in [0.1, 0.15) is 30.0 Å². The van der Waals surface area contributed by atoms with E-state index in [1.54, 1.807) is 6.20 Å². The number of aromatic nitrogens is 1. The molecule has 1 aromatic carbocycles. The van der Waals surface area contributed by atoms with Gasteiger partial charge in [0.05, 0.1) is 18.3 Å². The van der Waals surface area contributed by atoms with Crippen molar-refractivity contribution in [1.29, 1.82) is 0 Å². The number of nitrogens with zero attached hydrogens (tertiary/aromatic N) is 1. The molecule has 0 spiro atoms. The van der Waals surface area contributed by atoms with Crippen LogP contribution in [0.5, 0.6) is 5.75 Å². The molecule has 104 valence electrons. The summed E-state index contributed by atoms with van der Waals surface area (Å²) >= 11 is 0. The van der Waals surface area contributed by atoms with E-state index in [-0.39, 0.29) is 11.9 Å². The van der Waals surface area contributed by atoms with Crippen molar-refractivity contribution in [2.75, 3.05) is 0 Å². The molecule has 5 heteroatoms. The van der Waals surface area contributed by atoms with E-state index < -0.39 is 0 Å². The van der Waals surface area contributed by atoms with Crippen LogP contribution < -0.4 is 16.0 Å². The lowest BCUT2D eigenvalue weighted by molar-refractivity contribution is 0.302. The summed E-state index contributed by atoms with van der Waals surface area (Å²) in [6.07, 6.45) is 5.32. The van der Waals surface area contributed by atoms with Gasteiger partial charge in [0, 0.05) is 6.20 Å². The molecule has 1 aromatic heterocycles. The first-order valence-corrected chi connectivity index (χ1v) is 6.59. The fourth-order valence-corrected chi connectivity index (χ4v) is 2.12. The highest BCUT2D eigenvalue weighted by Gasteiger charge is 2.24. The molecule has 1 aliphatic rings. The van der Waals surface area contributed by atoms with E-state index in [4.69, 9.17) is 10.6 Å². The van der Waals surface area contributed by atoms with E-state index in [9.17, 15) is 4.39 Å². The Balaban J connectivity index is 1.88. The summed E-state index contributed by atoms with van der Waals surface area (Å²) in [5.41, 5.74) is 4.29. The maximum atomic E-state index is 13.3. The summed E-state index contributed by atoms with van der Waals surface area (Å²) in [5.74, 6) is 6.04. The van der Waals surface area contributed by atoms with E-state index in [2.05, 4.69) is 10.4 Å². The highest BCUT2D eigenvalue weighted by atomic mass is 19.1. The van der Waals surface area contributed by atoms with Crippen LogP contribution in [0.4, 0.5) is 4.39 Å². The number of pyridine rings is 1. The second-order valence-corrected chi connectivity index (χ2v) is 4.93. The van der Waals surface area contributed by atoms with E-state index in [1.807, 2.05) is 24.3 Å². The van der Waals surface area contributed by atoms with Crippen molar-refractivity contribution in [3.63, 3.8) is 0 Å². The topological polar surface area (TPSA) is 60.2 Å². The van der Waals surface area contributed by atoms with Gasteiger partial charge in [-0.15, -0.1) is 0 Å². The maximum absolute atomic E-state index is 13.3. The first-order valence-electron chi connectivity index (χ1n) is 6.59. The summed E-state index contributed by atoms with van der Waals surface area (Å²) in [5, 5.41) is 0. The Morgan fingerprint density at radius 2 is 2.10 bits per heavy atom. The second kappa shape index (κ2) is 5.56. The lowest BCUT2D eigenvalue weighted by atomic mass is 10.0. The quantitative estimate of drug-likeness (QED) is 0.648. The smallest absolute Gasteiger partial charge is 0.141 e. The molecular formula is C15H16FN3O. The van der Waals surface area contributed by atoms with Crippen molar-refractivity contribution < 1.29 is 9.13 Å². The third-order valence-electron chi connectivity index (χ3n) is 3.24. The Labute approximate surface area is 116 Å². The summed E-state index contributed by atoms with van der Waals surface area (Å²) in [7, 11) is 0. The molecule has 20 heavy (non-hydrogen) atoms. The van der Waals surface area contributed by atoms with Gasteiger partial charge in [-0.25, -0.2) is 9.82 Å². The van der Waals surface area contributed by atoms with Crippen molar-refractivity contribution in [1.82, 2.24) is 10.4 Å². The van der Waals surface area contributed by atoms with Gasteiger partial charge in [0.15, 0.2) is 0 Å². The Bertz CT molecular complexity index is 601. The van der Waals surface area contributed by atoms with Crippen LogP contribution in [-0.4, -0.2) is 11.1 Å². The van der Waals surface area contributed by atoms with Crippen molar-refractivity contribution >= 4 is 0 Å². The minimum absolute atomic E-state index is 0.319. The summed E-state index contributed by atoms with van der Waals surface area (Å²) in [6.45, 7) is 0. The van der Waals surface area contributed by atoms with Crippen LogP contribution in [-0.2, 0) is 0 Å². The second-order valence-electron chi connectivity index (χ2n) is 4.93. The zero-order valence-corrected chi connectivity index (χ0v) is 10.9. The number of hydrogen-bond donors (Lipinski definition) is 2. The van der Waals surface area contributed by atoms with E-state index in [1.165, 1.54) is 12.3 Å². The lowest BCUT2D eigenvalue weighted by Gasteiger charge is -2.17. The Morgan fingerprint density at radius 3 is 2.80 bits per heavy atom. The van der Waals surface area contributed by atoms with Gasteiger partial charge in [-0.2, -0.15) is 0 Å². The molecule has 2 aromatic rings. The number of nitrogens with two attached hydrogens (primary N) is 1. The molecular weight excluding hydrogens is 257 g/mol. The number of benzene rings is 1. The summed E-state index contributed by atoms with van der Waals surface area (Å²) in [6, 6.07) is 8.78. The molecule has 1 aliphatic carbocycles. The monoisotopic (exact) mass is 273 g/mol. The molecule has 1 saturated carbocycles. The first kappa shape index (κ1) is 13.0. The number of halogens is 1.